The Kier molecular flexibility index (Phi) is 7.63. The smallest absolute Gasteiger partial charge is 0.123 e. The van der Waals surface area contributed by atoms with E-state index in [1.54, 1.807) is 7.11 Å². The van der Waals surface area contributed by atoms with Gasteiger partial charge in [0, 0.05) is 18.2 Å². The van der Waals surface area contributed by atoms with Crippen LogP contribution in [0.3, 0.4) is 0 Å². The van der Waals surface area contributed by atoms with Crippen LogP contribution in [-0.2, 0) is 6.54 Å². The maximum atomic E-state index is 5.52. The molecule has 3 nitrogen and oxygen atoms in total. The molecule has 114 valence electrons. The molecule has 3 heteroatoms. The lowest BCUT2D eigenvalue weighted by molar-refractivity contribution is 0.275. The Morgan fingerprint density at radius 1 is 1.25 bits per heavy atom. The monoisotopic (exact) mass is 278 g/mol. The van der Waals surface area contributed by atoms with Crippen LogP contribution >= 0.6 is 0 Å². The lowest BCUT2D eigenvalue weighted by Gasteiger charge is -2.22. The molecule has 0 amide bonds. The highest BCUT2D eigenvalue weighted by Crippen LogP contribution is 2.24. The fraction of sp³-hybridized carbons (Fsp3) is 0.647. The molecule has 0 saturated carbocycles. The van der Waals surface area contributed by atoms with E-state index in [9.17, 15) is 0 Å². The first-order valence-corrected chi connectivity index (χ1v) is 7.78. The number of rotatable bonds is 9. The molecule has 0 radical (unpaired) electrons. The highest BCUT2D eigenvalue weighted by molar-refractivity contribution is 5.38. The number of methoxy groups -OCH3 is 1. The van der Waals surface area contributed by atoms with Gasteiger partial charge >= 0.3 is 0 Å². The standard InChI is InChI=1S/C17H30N2O/c1-6-11-19(8-3)13-16-12-15(14(4)18-7-2)9-10-17(16)20-5/h9-10,12,14,18H,6-8,11,13H2,1-5H3. The molecule has 0 saturated heterocycles. The van der Waals surface area contributed by atoms with Crippen molar-refractivity contribution in [1.82, 2.24) is 10.2 Å². The number of hydrogen-bond donors (Lipinski definition) is 1. The van der Waals surface area contributed by atoms with Gasteiger partial charge in [-0.2, -0.15) is 0 Å². The minimum Gasteiger partial charge on any atom is -0.496 e. The lowest BCUT2D eigenvalue weighted by atomic mass is 10.0. The number of nitrogens with zero attached hydrogens (tertiary/aromatic N) is 1. The van der Waals surface area contributed by atoms with Crippen LogP contribution in [-0.4, -0.2) is 31.6 Å². The van der Waals surface area contributed by atoms with E-state index in [4.69, 9.17) is 4.74 Å². The van der Waals surface area contributed by atoms with E-state index in [0.717, 1.165) is 31.9 Å². The minimum atomic E-state index is 0.380. The largest absolute Gasteiger partial charge is 0.496 e. The normalized spacial score (nSPS) is 12.7. The summed E-state index contributed by atoms with van der Waals surface area (Å²) < 4.78 is 5.52. The van der Waals surface area contributed by atoms with Gasteiger partial charge in [0.25, 0.3) is 0 Å². The van der Waals surface area contributed by atoms with Gasteiger partial charge in [0.05, 0.1) is 7.11 Å². The van der Waals surface area contributed by atoms with Gasteiger partial charge in [0.15, 0.2) is 0 Å². The molecule has 0 bridgehead atoms. The van der Waals surface area contributed by atoms with Gasteiger partial charge in [0.1, 0.15) is 5.75 Å². The van der Waals surface area contributed by atoms with E-state index in [1.165, 1.54) is 17.5 Å². The highest BCUT2D eigenvalue weighted by atomic mass is 16.5. The van der Waals surface area contributed by atoms with Crippen LogP contribution in [0.5, 0.6) is 5.75 Å². The van der Waals surface area contributed by atoms with Crippen molar-refractivity contribution in [2.75, 3.05) is 26.7 Å². The van der Waals surface area contributed by atoms with Crippen molar-refractivity contribution < 1.29 is 4.74 Å². The second-order valence-electron chi connectivity index (χ2n) is 5.22. The molecule has 1 aromatic rings. The summed E-state index contributed by atoms with van der Waals surface area (Å²) in [5, 5.41) is 3.46. The summed E-state index contributed by atoms with van der Waals surface area (Å²) in [5.41, 5.74) is 2.61. The maximum Gasteiger partial charge on any atom is 0.123 e. The Labute approximate surface area is 124 Å². The van der Waals surface area contributed by atoms with Gasteiger partial charge in [-0.3, -0.25) is 4.90 Å². The van der Waals surface area contributed by atoms with Crippen molar-refractivity contribution in [3.63, 3.8) is 0 Å². The average Bonchev–Trinajstić information content (AvgIpc) is 2.46. The van der Waals surface area contributed by atoms with Crippen LogP contribution in [0.4, 0.5) is 0 Å². The van der Waals surface area contributed by atoms with E-state index in [1.807, 2.05) is 0 Å². The molecule has 0 aliphatic rings. The van der Waals surface area contributed by atoms with Gasteiger partial charge in [-0.1, -0.05) is 26.8 Å². The molecule has 0 spiro atoms. The third-order valence-electron chi connectivity index (χ3n) is 3.70. The number of nitrogens with one attached hydrogen (secondary N) is 1. The molecule has 0 aromatic heterocycles. The van der Waals surface area contributed by atoms with Crippen LogP contribution in [0, 0.1) is 0 Å². The SMILES string of the molecule is CCCN(CC)Cc1cc(C(C)NCC)ccc1OC. The maximum absolute atomic E-state index is 5.52. The van der Waals surface area contributed by atoms with Gasteiger partial charge in [-0.15, -0.1) is 0 Å². The summed E-state index contributed by atoms with van der Waals surface area (Å²) >= 11 is 0. The third-order valence-corrected chi connectivity index (χ3v) is 3.70. The van der Waals surface area contributed by atoms with Crippen molar-refractivity contribution in [2.45, 2.75) is 46.7 Å². The second kappa shape index (κ2) is 8.98. The zero-order chi connectivity index (χ0) is 15.0. The van der Waals surface area contributed by atoms with E-state index in [0.29, 0.717) is 6.04 Å². The topological polar surface area (TPSA) is 24.5 Å². The molecule has 1 atom stereocenters. The zero-order valence-corrected chi connectivity index (χ0v) is 13.7. The first kappa shape index (κ1) is 17.0. The first-order chi connectivity index (χ1) is 9.65. The first-order valence-electron chi connectivity index (χ1n) is 7.78. The van der Waals surface area contributed by atoms with E-state index in [2.05, 4.69) is 56.1 Å². The Balaban J connectivity index is 2.93. The molecule has 0 heterocycles. The Morgan fingerprint density at radius 3 is 2.55 bits per heavy atom. The Morgan fingerprint density at radius 2 is 2.00 bits per heavy atom. The number of benzene rings is 1. The second-order valence-corrected chi connectivity index (χ2v) is 5.22. The quantitative estimate of drug-likeness (QED) is 0.747. The molecule has 1 rings (SSSR count). The van der Waals surface area contributed by atoms with Crippen molar-refractivity contribution in [2.24, 2.45) is 0 Å². The summed E-state index contributed by atoms with van der Waals surface area (Å²) in [4.78, 5) is 2.46. The average molecular weight is 278 g/mol. The summed E-state index contributed by atoms with van der Waals surface area (Å²) in [7, 11) is 1.75. The molecular weight excluding hydrogens is 248 g/mol. The fourth-order valence-electron chi connectivity index (χ4n) is 2.52. The van der Waals surface area contributed by atoms with Crippen molar-refractivity contribution in [3.8, 4) is 5.75 Å². The van der Waals surface area contributed by atoms with Crippen LogP contribution in [0.2, 0.25) is 0 Å². The molecular formula is C17H30N2O. The zero-order valence-electron chi connectivity index (χ0n) is 13.7. The van der Waals surface area contributed by atoms with Crippen LogP contribution in [0.1, 0.15) is 51.3 Å². The van der Waals surface area contributed by atoms with Crippen molar-refractivity contribution in [3.05, 3.63) is 29.3 Å². The molecule has 20 heavy (non-hydrogen) atoms. The van der Waals surface area contributed by atoms with Gasteiger partial charge in [-0.25, -0.2) is 0 Å². The van der Waals surface area contributed by atoms with Crippen LogP contribution < -0.4 is 10.1 Å². The summed E-state index contributed by atoms with van der Waals surface area (Å²) in [6, 6.07) is 6.92. The summed E-state index contributed by atoms with van der Waals surface area (Å²) in [6.07, 6.45) is 1.18. The molecule has 1 N–H and O–H groups in total. The molecule has 0 aliphatic heterocycles. The van der Waals surface area contributed by atoms with Gasteiger partial charge in [-0.05, 0) is 50.7 Å². The third kappa shape index (κ3) is 4.80. The molecule has 1 unspecified atom stereocenters. The van der Waals surface area contributed by atoms with Crippen LogP contribution in [0.25, 0.3) is 0 Å². The predicted octanol–water partition coefficient (Wildman–Crippen LogP) is 3.60. The number of hydrogen-bond acceptors (Lipinski definition) is 3. The fourth-order valence-corrected chi connectivity index (χ4v) is 2.52. The van der Waals surface area contributed by atoms with Crippen molar-refractivity contribution >= 4 is 0 Å². The molecule has 0 aliphatic carbocycles. The Hall–Kier alpha value is -1.06. The van der Waals surface area contributed by atoms with E-state index < -0.39 is 0 Å². The van der Waals surface area contributed by atoms with Crippen LogP contribution in [0.15, 0.2) is 18.2 Å². The molecule has 1 aromatic carbocycles. The molecule has 0 fully saturated rings. The van der Waals surface area contributed by atoms with E-state index in [-0.39, 0.29) is 0 Å². The number of ether oxygens (including phenoxy) is 1. The van der Waals surface area contributed by atoms with Crippen molar-refractivity contribution in [1.29, 1.82) is 0 Å². The van der Waals surface area contributed by atoms with Gasteiger partial charge < -0.3 is 10.1 Å². The van der Waals surface area contributed by atoms with E-state index >= 15 is 0 Å². The lowest BCUT2D eigenvalue weighted by Crippen LogP contribution is -2.24. The predicted molar refractivity (Wildman–Crippen MR) is 86.3 cm³/mol. The minimum absolute atomic E-state index is 0.380. The summed E-state index contributed by atoms with van der Waals surface area (Å²) in [6.45, 7) is 12.9. The Bertz CT molecular complexity index is 393. The summed E-state index contributed by atoms with van der Waals surface area (Å²) in [5.74, 6) is 0.993. The highest BCUT2D eigenvalue weighted by Gasteiger charge is 2.11. The van der Waals surface area contributed by atoms with Gasteiger partial charge in [0.2, 0.25) is 0 Å².